The summed E-state index contributed by atoms with van der Waals surface area (Å²) in [5, 5.41) is 0. The molecule has 0 unspecified atom stereocenters. The summed E-state index contributed by atoms with van der Waals surface area (Å²) >= 11 is 0. The molecule has 4 aliphatic rings. The van der Waals surface area contributed by atoms with Crippen molar-refractivity contribution in [3.63, 3.8) is 0 Å². The predicted octanol–water partition coefficient (Wildman–Crippen LogP) is 3.31. The van der Waals surface area contributed by atoms with Gasteiger partial charge in [0.15, 0.2) is 5.78 Å². The van der Waals surface area contributed by atoms with E-state index in [-0.39, 0.29) is 47.8 Å². The largest absolute Gasteiger partial charge is 0.462 e. The van der Waals surface area contributed by atoms with Gasteiger partial charge in [-0.3, -0.25) is 9.59 Å². The molecule has 4 fully saturated rings. The Kier molecular flexibility index (Phi) is 4.75. The highest BCUT2D eigenvalue weighted by atomic mass is 16.6. The van der Waals surface area contributed by atoms with Crippen LogP contribution in [0.4, 0.5) is 0 Å². The smallest absolute Gasteiger partial charge is 0.302 e. The van der Waals surface area contributed by atoms with Crippen LogP contribution in [-0.4, -0.2) is 42.3 Å². The Morgan fingerprint density at radius 1 is 1.22 bits per heavy atom. The highest BCUT2D eigenvalue weighted by Crippen LogP contribution is 2.57. The Labute approximate surface area is 161 Å². The van der Waals surface area contributed by atoms with Crippen molar-refractivity contribution in [2.45, 2.75) is 77.3 Å². The Morgan fingerprint density at radius 2 is 1.96 bits per heavy atom. The van der Waals surface area contributed by atoms with E-state index in [0.717, 1.165) is 18.4 Å². The SMILES string of the molecule is C=C1CCC(=O)[C@@]2(C)OC[C@@H](C)[C@H]3C[C@H](C)[C@H](OC(C)=O)[C@H]4[C@@H]3[C@H]2O[C@@H]4C1. The lowest BCUT2D eigenvalue weighted by Crippen LogP contribution is -2.54. The Morgan fingerprint density at radius 3 is 2.67 bits per heavy atom. The fraction of sp³-hybridized carbons (Fsp3) is 0.818. The summed E-state index contributed by atoms with van der Waals surface area (Å²) in [6, 6.07) is 0. The van der Waals surface area contributed by atoms with E-state index >= 15 is 0 Å². The van der Waals surface area contributed by atoms with Crippen molar-refractivity contribution in [2.24, 2.45) is 29.6 Å². The van der Waals surface area contributed by atoms with Crippen LogP contribution < -0.4 is 0 Å². The van der Waals surface area contributed by atoms with Crippen LogP contribution in [0, 0.1) is 29.6 Å². The van der Waals surface area contributed by atoms with Gasteiger partial charge >= 0.3 is 5.97 Å². The monoisotopic (exact) mass is 376 g/mol. The molecule has 5 heteroatoms. The molecule has 5 nitrogen and oxygen atoms in total. The highest BCUT2D eigenvalue weighted by Gasteiger charge is 2.64. The van der Waals surface area contributed by atoms with Crippen LogP contribution in [0.25, 0.3) is 0 Å². The van der Waals surface area contributed by atoms with E-state index in [1.165, 1.54) is 6.92 Å². The van der Waals surface area contributed by atoms with Gasteiger partial charge in [-0.2, -0.15) is 0 Å². The molecule has 0 aromatic rings. The van der Waals surface area contributed by atoms with Gasteiger partial charge in [0.2, 0.25) is 0 Å². The van der Waals surface area contributed by atoms with Gasteiger partial charge < -0.3 is 14.2 Å². The van der Waals surface area contributed by atoms with Crippen molar-refractivity contribution >= 4 is 11.8 Å². The maximum Gasteiger partial charge on any atom is 0.302 e. The van der Waals surface area contributed by atoms with E-state index in [1.807, 2.05) is 6.92 Å². The lowest BCUT2D eigenvalue weighted by atomic mass is 9.59. The first-order chi connectivity index (χ1) is 12.7. The lowest BCUT2D eigenvalue weighted by Gasteiger charge is -2.46. The number of carbonyl (C=O) groups is 2. The topological polar surface area (TPSA) is 61.8 Å². The molecule has 150 valence electrons. The lowest BCUT2D eigenvalue weighted by molar-refractivity contribution is -0.165. The normalized spacial score (nSPS) is 49.6. The molecule has 0 amide bonds. The Balaban J connectivity index is 1.82. The van der Waals surface area contributed by atoms with Crippen molar-refractivity contribution in [3.05, 3.63) is 12.2 Å². The van der Waals surface area contributed by atoms with E-state index in [1.54, 1.807) is 0 Å². The van der Waals surface area contributed by atoms with Crippen molar-refractivity contribution in [1.82, 2.24) is 0 Å². The summed E-state index contributed by atoms with van der Waals surface area (Å²) in [4.78, 5) is 25.0. The van der Waals surface area contributed by atoms with E-state index in [0.29, 0.717) is 31.3 Å². The molecule has 2 bridgehead atoms. The molecule has 0 aromatic carbocycles. The van der Waals surface area contributed by atoms with Gasteiger partial charge in [0.1, 0.15) is 11.7 Å². The van der Waals surface area contributed by atoms with Gasteiger partial charge in [0, 0.05) is 25.2 Å². The molecule has 3 heterocycles. The van der Waals surface area contributed by atoms with Crippen LogP contribution in [-0.2, 0) is 23.8 Å². The summed E-state index contributed by atoms with van der Waals surface area (Å²) in [5.74, 6) is 1.17. The van der Waals surface area contributed by atoms with E-state index < -0.39 is 5.60 Å². The molecular formula is C22H32O5. The van der Waals surface area contributed by atoms with Crippen LogP contribution in [0.1, 0.15) is 53.4 Å². The quantitative estimate of drug-likeness (QED) is 0.519. The van der Waals surface area contributed by atoms with Crippen LogP contribution in [0.2, 0.25) is 0 Å². The third-order valence-electron chi connectivity index (χ3n) is 7.59. The third kappa shape index (κ3) is 2.98. The summed E-state index contributed by atoms with van der Waals surface area (Å²) < 4.78 is 18.7. The zero-order valence-corrected chi connectivity index (χ0v) is 16.9. The number of ether oxygens (including phenoxy) is 3. The Bertz CT molecular complexity index is 657. The molecule has 1 aliphatic carbocycles. The number of Topliss-reactive ketones (excluding diaryl/α,β-unsaturated/α-hetero) is 1. The number of hydrogen-bond donors (Lipinski definition) is 0. The van der Waals surface area contributed by atoms with Gasteiger partial charge in [0.25, 0.3) is 0 Å². The second-order valence-corrected chi connectivity index (χ2v) is 9.47. The number of esters is 1. The molecular weight excluding hydrogens is 344 g/mol. The minimum Gasteiger partial charge on any atom is -0.462 e. The number of fused-ring (bicyclic) bond motifs is 2. The van der Waals surface area contributed by atoms with Crippen molar-refractivity contribution in [1.29, 1.82) is 0 Å². The predicted molar refractivity (Wildman–Crippen MR) is 100.0 cm³/mol. The fourth-order valence-corrected chi connectivity index (χ4v) is 6.21. The van der Waals surface area contributed by atoms with E-state index in [9.17, 15) is 9.59 Å². The highest BCUT2D eigenvalue weighted by molar-refractivity contribution is 5.88. The first kappa shape index (κ1) is 19.1. The Hall–Kier alpha value is -1.20. The molecule has 0 aromatic heterocycles. The molecule has 0 spiro atoms. The molecule has 0 N–H and O–H groups in total. The first-order valence-corrected chi connectivity index (χ1v) is 10.4. The summed E-state index contributed by atoms with van der Waals surface area (Å²) in [7, 11) is 0. The summed E-state index contributed by atoms with van der Waals surface area (Å²) in [5.41, 5.74) is 0.118. The minimum absolute atomic E-state index is 0.0683. The molecule has 4 rings (SSSR count). The van der Waals surface area contributed by atoms with Gasteiger partial charge in [-0.15, -0.1) is 0 Å². The molecule has 3 aliphatic heterocycles. The zero-order valence-electron chi connectivity index (χ0n) is 16.9. The molecule has 9 atom stereocenters. The van der Waals surface area contributed by atoms with Crippen molar-refractivity contribution in [2.75, 3.05) is 6.61 Å². The maximum absolute atomic E-state index is 13.2. The second kappa shape index (κ2) is 6.70. The molecule has 3 saturated heterocycles. The zero-order chi connectivity index (χ0) is 19.5. The van der Waals surface area contributed by atoms with Gasteiger partial charge in [0.05, 0.1) is 18.8 Å². The van der Waals surface area contributed by atoms with Crippen LogP contribution in [0.5, 0.6) is 0 Å². The van der Waals surface area contributed by atoms with Crippen molar-refractivity contribution < 1.29 is 23.8 Å². The third-order valence-corrected chi connectivity index (χ3v) is 7.59. The average Bonchev–Trinajstić information content (AvgIpc) is 2.95. The number of carbonyl (C=O) groups excluding carboxylic acids is 2. The second-order valence-electron chi connectivity index (χ2n) is 9.47. The van der Waals surface area contributed by atoms with Crippen LogP contribution in [0.3, 0.4) is 0 Å². The molecule has 27 heavy (non-hydrogen) atoms. The number of hydrogen-bond acceptors (Lipinski definition) is 5. The van der Waals surface area contributed by atoms with Crippen molar-refractivity contribution in [3.8, 4) is 0 Å². The maximum atomic E-state index is 13.2. The van der Waals surface area contributed by atoms with Gasteiger partial charge in [-0.1, -0.05) is 26.0 Å². The fourth-order valence-electron chi connectivity index (χ4n) is 6.21. The average molecular weight is 376 g/mol. The van der Waals surface area contributed by atoms with Gasteiger partial charge in [-0.25, -0.2) is 0 Å². The van der Waals surface area contributed by atoms with Crippen LogP contribution in [0.15, 0.2) is 12.2 Å². The van der Waals surface area contributed by atoms with E-state index in [4.69, 9.17) is 14.2 Å². The van der Waals surface area contributed by atoms with Gasteiger partial charge in [-0.05, 0) is 43.9 Å². The number of rotatable bonds is 1. The molecule has 0 radical (unpaired) electrons. The van der Waals surface area contributed by atoms with Crippen LogP contribution >= 0.6 is 0 Å². The first-order valence-electron chi connectivity index (χ1n) is 10.4. The summed E-state index contributed by atoms with van der Waals surface area (Å²) in [6.45, 7) is 12.6. The molecule has 1 saturated carbocycles. The number of ketones is 1. The van der Waals surface area contributed by atoms with E-state index in [2.05, 4.69) is 20.4 Å². The minimum atomic E-state index is -0.924. The standard InChI is InChI=1S/C22H32O5/c1-11-6-7-17(24)22(5)21-18-15(13(3)10-25-22)9-12(2)20(26-14(4)23)19(18)16(8-11)27-21/h12-13,15-16,18-21H,1,6-10H2,2-5H3/t12-,13+,15+,16+,18+,19+,20-,21+,22+/m0/s1. The summed E-state index contributed by atoms with van der Waals surface area (Å²) in [6.07, 6.45) is 2.33.